The molecule has 0 aliphatic carbocycles. The minimum absolute atomic E-state index is 0.116. The second kappa shape index (κ2) is 6.31. The average molecular weight is 329 g/mol. The van der Waals surface area contributed by atoms with Crippen molar-refractivity contribution in [1.82, 2.24) is 9.78 Å². The van der Waals surface area contributed by atoms with E-state index in [9.17, 15) is 9.00 Å². The van der Waals surface area contributed by atoms with Crippen molar-refractivity contribution in [2.24, 2.45) is 7.05 Å². The molecule has 7 heteroatoms. The number of hydrogen-bond donors (Lipinski definition) is 2. The smallest absolute Gasteiger partial charge is 0.274 e. The third-order valence-corrected chi connectivity index (χ3v) is 3.97. The van der Waals surface area contributed by atoms with E-state index in [2.05, 4.69) is 9.82 Å². The van der Waals surface area contributed by atoms with Gasteiger partial charge in [-0.1, -0.05) is 30.3 Å². The zero-order chi connectivity index (χ0) is 16.4. The van der Waals surface area contributed by atoms with Crippen LogP contribution < -0.4 is 10.3 Å². The molecule has 118 valence electrons. The maximum absolute atomic E-state index is 12.1. The van der Waals surface area contributed by atoms with Crippen LogP contribution in [0.1, 0.15) is 11.3 Å². The summed E-state index contributed by atoms with van der Waals surface area (Å²) in [6.45, 7) is 0. The molecule has 0 saturated carbocycles. The van der Waals surface area contributed by atoms with Crippen LogP contribution >= 0.6 is 0 Å². The normalized spacial score (nSPS) is 12.3. The molecule has 0 fully saturated rings. The highest BCUT2D eigenvalue weighted by Gasteiger charge is 2.09. The van der Waals surface area contributed by atoms with Gasteiger partial charge in [0, 0.05) is 24.5 Å². The Bertz CT molecular complexity index is 935. The third kappa shape index (κ3) is 3.30. The lowest BCUT2D eigenvalue weighted by Gasteiger charge is -2.09. The number of anilines is 1. The Morgan fingerprint density at radius 2 is 1.78 bits per heavy atom. The lowest BCUT2D eigenvalue weighted by Crippen LogP contribution is -2.21. The minimum atomic E-state index is -2.09. The fraction of sp³-hybridized carbons (Fsp3) is 0.125. The molecule has 3 aromatic rings. The van der Waals surface area contributed by atoms with Crippen molar-refractivity contribution >= 4 is 27.7 Å². The van der Waals surface area contributed by atoms with Crippen molar-refractivity contribution in [3.8, 4) is 0 Å². The average Bonchev–Trinajstić information content (AvgIpc) is 2.54. The number of nitrogens with zero attached hydrogens (tertiary/aromatic N) is 2. The van der Waals surface area contributed by atoms with Crippen molar-refractivity contribution in [2.45, 2.75) is 6.42 Å². The third-order valence-electron chi connectivity index (χ3n) is 3.56. The van der Waals surface area contributed by atoms with E-state index in [1.165, 1.54) is 4.68 Å². The van der Waals surface area contributed by atoms with E-state index in [4.69, 9.17) is 4.55 Å². The van der Waals surface area contributed by atoms with E-state index in [0.29, 0.717) is 17.5 Å². The fourth-order valence-corrected chi connectivity index (χ4v) is 2.83. The largest absolute Gasteiger partial charge is 0.289 e. The lowest BCUT2D eigenvalue weighted by molar-refractivity contribution is 0.570. The number of hydrogen-bond acceptors (Lipinski definition) is 3. The summed E-state index contributed by atoms with van der Waals surface area (Å²) in [6.07, 6.45) is 0.567. The van der Waals surface area contributed by atoms with Gasteiger partial charge in [-0.15, -0.1) is 0 Å². The Balaban J connectivity index is 1.97. The lowest BCUT2D eigenvalue weighted by atomic mass is 10.0. The van der Waals surface area contributed by atoms with Crippen LogP contribution in [0, 0.1) is 0 Å². The van der Waals surface area contributed by atoms with Gasteiger partial charge < -0.3 is 0 Å². The van der Waals surface area contributed by atoms with E-state index in [-0.39, 0.29) is 5.56 Å². The Morgan fingerprint density at radius 1 is 1.13 bits per heavy atom. The van der Waals surface area contributed by atoms with E-state index in [1.54, 1.807) is 25.2 Å². The van der Waals surface area contributed by atoms with Crippen LogP contribution in [-0.2, 0) is 24.7 Å². The molecule has 0 aliphatic rings. The Kier molecular flexibility index (Phi) is 4.22. The van der Waals surface area contributed by atoms with Crippen LogP contribution in [-0.4, -0.2) is 18.5 Å². The molecule has 0 saturated heterocycles. The van der Waals surface area contributed by atoms with Gasteiger partial charge in [-0.2, -0.15) is 5.10 Å². The maximum atomic E-state index is 12.1. The maximum Gasteiger partial charge on any atom is 0.274 e. The van der Waals surface area contributed by atoms with Crippen LogP contribution in [0.2, 0.25) is 0 Å². The first-order chi connectivity index (χ1) is 11.0. The van der Waals surface area contributed by atoms with Crippen molar-refractivity contribution in [3.05, 3.63) is 70.1 Å². The summed E-state index contributed by atoms with van der Waals surface area (Å²) in [7, 11) is 1.64. The topological polar surface area (TPSA) is 84.2 Å². The highest BCUT2D eigenvalue weighted by molar-refractivity contribution is 7.80. The van der Waals surface area contributed by atoms with Crippen LogP contribution in [0.15, 0.2) is 53.3 Å². The van der Waals surface area contributed by atoms with Gasteiger partial charge in [0.2, 0.25) is 0 Å². The molecule has 1 unspecified atom stereocenters. The zero-order valence-electron chi connectivity index (χ0n) is 12.4. The summed E-state index contributed by atoms with van der Waals surface area (Å²) < 4.78 is 23.3. The molecule has 0 amide bonds. The van der Waals surface area contributed by atoms with Gasteiger partial charge in [0.05, 0.1) is 11.1 Å². The first-order valence-electron chi connectivity index (χ1n) is 6.96. The highest BCUT2D eigenvalue weighted by atomic mass is 32.2. The van der Waals surface area contributed by atoms with Gasteiger partial charge in [-0.25, -0.2) is 8.89 Å². The number of fused-ring (bicyclic) bond motifs is 1. The van der Waals surface area contributed by atoms with Crippen molar-refractivity contribution in [3.63, 3.8) is 0 Å². The number of rotatable bonds is 4. The summed E-state index contributed by atoms with van der Waals surface area (Å²) in [5.41, 5.74) is 2.26. The van der Waals surface area contributed by atoms with E-state index < -0.39 is 11.3 Å². The first-order valence-corrected chi connectivity index (χ1v) is 8.06. The van der Waals surface area contributed by atoms with Gasteiger partial charge in [-0.05, 0) is 23.8 Å². The SMILES string of the molecule is Cn1nc(Cc2ccc(NS(=O)O)cc2)c2ccccc2c1=O. The van der Waals surface area contributed by atoms with E-state index in [0.717, 1.165) is 16.6 Å². The van der Waals surface area contributed by atoms with Crippen LogP contribution in [0.3, 0.4) is 0 Å². The van der Waals surface area contributed by atoms with Gasteiger partial charge in [-0.3, -0.25) is 14.1 Å². The fourth-order valence-electron chi connectivity index (χ4n) is 2.49. The molecule has 2 aromatic carbocycles. The van der Waals surface area contributed by atoms with Gasteiger partial charge in [0.1, 0.15) is 0 Å². The molecule has 0 aliphatic heterocycles. The number of benzene rings is 2. The summed E-state index contributed by atoms with van der Waals surface area (Å²) in [6, 6.07) is 14.6. The molecule has 0 spiro atoms. The molecule has 0 radical (unpaired) electrons. The predicted molar refractivity (Wildman–Crippen MR) is 90.6 cm³/mol. The second-order valence-corrected chi connectivity index (χ2v) is 5.85. The second-order valence-electron chi connectivity index (χ2n) is 5.15. The summed E-state index contributed by atoms with van der Waals surface area (Å²) >= 11 is -2.09. The molecular formula is C16H15N3O3S. The predicted octanol–water partition coefficient (Wildman–Crippen LogP) is 2.07. The minimum Gasteiger partial charge on any atom is -0.289 e. The zero-order valence-corrected chi connectivity index (χ0v) is 13.2. The van der Waals surface area contributed by atoms with Crippen molar-refractivity contribution < 1.29 is 8.76 Å². The monoisotopic (exact) mass is 329 g/mol. The van der Waals surface area contributed by atoms with Gasteiger partial charge in [0.15, 0.2) is 0 Å². The Labute approximate surface area is 135 Å². The number of aryl methyl sites for hydroxylation is 1. The van der Waals surface area contributed by atoms with Crippen LogP contribution in [0.25, 0.3) is 10.8 Å². The molecule has 1 atom stereocenters. The van der Waals surface area contributed by atoms with E-state index in [1.807, 2.05) is 30.3 Å². The molecular weight excluding hydrogens is 314 g/mol. The molecule has 23 heavy (non-hydrogen) atoms. The summed E-state index contributed by atoms with van der Waals surface area (Å²) in [5.74, 6) is 0. The van der Waals surface area contributed by atoms with E-state index >= 15 is 0 Å². The molecule has 6 nitrogen and oxygen atoms in total. The molecule has 3 rings (SSSR count). The van der Waals surface area contributed by atoms with Crippen molar-refractivity contribution in [2.75, 3.05) is 4.72 Å². The summed E-state index contributed by atoms with van der Waals surface area (Å²) in [5, 5.41) is 5.86. The molecule has 2 N–H and O–H groups in total. The Hall–Kier alpha value is -2.51. The quantitative estimate of drug-likeness (QED) is 0.718. The Morgan fingerprint density at radius 3 is 2.43 bits per heavy atom. The molecule has 1 heterocycles. The van der Waals surface area contributed by atoms with Crippen molar-refractivity contribution in [1.29, 1.82) is 0 Å². The molecule has 1 aromatic heterocycles. The van der Waals surface area contributed by atoms with Gasteiger partial charge in [0.25, 0.3) is 16.8 Å². The van der Waals surface area contributed by atoms with Crippen LogP contribution in [0.4, 0.5) is 5.69 Å². The van der Waals surface area contributed by atoms with Crippen LogP contribution in [0.5, 0.6) is 0 Å². The standard InChI is InChI=1S/C16H15N3O3S/c1-19-16(20)14-5-3-2-4-13(14)15(17-19)10-11-6-8-12(9-7-11)18-23(21)22/h2-9,18H,10H2,1H3,(H,21,22). The molecule has 0 bridgehead atoms. The number of nitrogens with one attached hydrogen (secondary N) is 1. The summed E-state index contributed by atoms with van der Waals surface area (Å²) in [4.78, 5) is 12.1. The first kappa shape index (κ1) is 15.4. The van der Waals surface area contributed by atoms with Gasteiger partial charge >= 0.3 is 0 Å². The number of aromatic nitrogens is 2. The highest BCUT2D eigenvalue weighted by Crippen LogP contribution is 2.18.